The van der Waals surface area contributed by atoms with Crippen LogP contribution in [0.4, 0.5) is 0 Å². The number of hydrogen-bond acceptors (Lipinski definition) is 4. The van der Waals surface area contributed by atoms with Crippen molar-refractivity contribution in [2.24, 2.45) is 0 Å². The molecule has 3 aromatic rings. The Balaban J connectivity index is 0.00000192. The van der Waals surface area contributed by atoms with Crippen molar-refractivity contribution in [2.75, 3.05) is 0 Å². The largest absolute Gasteiger partial charge is 0.478 e. The van der Waals surface area contributed by atoms with Gasteiger partial charge in [-0.1, -0.05) is 30.3 Å². The van der Waals surface area contributed by atoms with Gasteiger partial charge in [0.05, 0.1) is 16.5 Å². The van der Waals surface area contributed by atoms with Crippen molar-refractivity contribution in [3.05, 3.63) is 75.8 Å². The predicted octanol–water partition coefficient (Wildman–Crippen LogP) is 2.43. The Labute approximate surface area is 140 Å². The first-order valence-electron chi connectivity index (χ1n) is 6.44. The molecule has 7 heteroatoms. The predicted molar refractivity (Wildman–Crippen MR) is 89.5 cm³/mol. The number of carboxylic acids is 1. The molecular weight excluding hydrogens is 364 g/mol. The van der Waals surface area contributed by atoms with Crippen LogP contribution in [0.2, 0.25) is 0 Å². The summed E-state index contributed by atoms with van der Waals surface area (Å²) in [6.45, 7) is 0. The van der Waals surface area contributed by atoms with Crippen LogP contribution in [-0.4, -0.2) is 26.8 Å². The maximum Gasteiger partial charge on any atom is 0.336 e. The van der Waals surface area contributed by atoms with Gasteiger partial charge in [-0.25, -0.2) is 9.78 Å². The van der Waals surface area contributed by atoms with Crippen LogP contribution in [0.1, 0.15) is 26.5 Å². The molecule has 0 saturated carbocycles. The fourth-order valence-electron chi connectivity index (χ4n) is 2.19. The third-order valence-electron chi connectivity index (χ3n) is 3.23. The second-order valence-electron chi connectivity index (χ2n) is 4.61. The molecule has 0 unspecified atom stereocenters. The Kier molecular flexibility index (Phi) is 4.71. The quantitative estimate of drug-likeness (QED) is 0.685. The van der Waals surface area contributed by atoms with Gasteiger partial charge in [-0.3, -0.25) is 9.59 Å². The SMILES string of the molecule is Br.O=C(O)c1ccccc1C(=O)c1nc2ccccc2c(=O)[nH]1. The van der Waals surface area contributed by atoms with Crippen molar-refractivity contribution >= 4 is 39.6 Å². The van der Waals surface area contributed by atoms with Crippen LogP contribution in [0.3, 0.4) is 0 Å². The molecule has 0 atom stereocenters. The molecule has 0 amide bonds. The van der Waals surface area contributed by atoms with E-state index >= 15 is 0 Å². The molecule has 116 valence electrons. The smallest absolute Gasteiger partial charge is 0.336 e. The van der Waals surface area contributed by atoms with Crippen LogP contribution >= 0.6 is 17.0 Å². The van der Waals surface area contributed by atoms with E-state index in [2.05, 4.69) is 9.97 Å². The van der Waals surface area contributed by atoms with Gasteiger partial charge in [0, 0.05) is 5.56 Å². The number of carboxylic acid groups (broad SMARTS) is 1. The van der Waals surface area contributed by atoms with Crippen LogP contribution in [0.5, 0.6) is 0 Å². The van der Waals surface area contributed by atoms with Crippen molar-refractivity contribution in [1.82, 2.24) is 9.97 Å². The van der Waals surface area contributed by atoms with Crippen LogP contribution in [-0.2, 0) is 0 Å². The van der Waals surface area contributed by atoms with E-state index in [1.807, 2.05) is 0 Å². The molecule has 0 aliphatic rings. The van der Waals surface area contributed by atoms with E-state index < -0.39 is 17.3 Å². The lowest BCUT2D eigenvalue weighted by Gasteiger charge is -2.05. The molecule has 0 aliphatic heterocycles. The highest BCUT2D eigenvalue weighted by molar-refractivity contribution is 8.93. The van der Waals surface area contributed by atoms with Crippen LogP contribution < -0.4 is 5.56 Å². The number of fused-ring (bicyclic) bond motifs is 1. The number of aromatic carboxylic acids is 1. The van der Waals surface area contributed by atoms with Gasteiger partial charge in [-0.2, -0.15) is 0 Å². The van der Waals surface area contributed by atoms with Crippen LogP contribution in [0.25, 0.3) is 10.9 Å². The molecule has 0 radical (unpaired) electrons. The highest BCUT2D eigenvalue weighted by Crippen LogP contribution is 2.14. The monoisotopic (exact) mass is 374 g/mol. The Morgan fingerprint density at radius 2 is 1.57 bits per heavy atom. The zero-order chi connectivity index (χ0) is 15.7. The number of H-pyrrole nitrogens is 1. The first kappa shape index (κ1) is 16.6. The van der Waals surface area contributed by atoms with Crippen molar-refractivity contribution in [3.63, 3.8) is 0 Å². The fraction of sp³-hybridized carbons (Fsp3) is 0. The highest BCUT2D eigenvalue weighted by Gasteiger charge is 2.19. The molecule has 6 nitrogen and oxygen atoms in total. The number of para-hydroxylation sites is 1. The molecule has 0 spiro atoms. The molecule has 23 heavy (non-hydrogen) atoms. The number of aromatic amines is 1. The molecule has 0 fully saturated rings. The van der Waals surface area contributed by atoms with Gasteiger partial charge in [-0.05, 0) is 18.2 Å². The van der Waals surface area contributed by atoms with E-state index in [4.69, 9.17) is 5.11 Å². The van der Waals surface area contributed by atoms with E-state index in [9.17, 15) is 14.4 Å². The zero-order valence-electron chi connectivity index (χ0n) is 11.6. The molecule has 2 N–H and O–H groups in total. The first-order valence-corrected chi connectivity index (χ1v) is 6.44. The van der Waals surface area contributed by atoms with Crippen molar-refractivity contribution < 1.29 is 14.7 Å². The second-order valence-corrected chi connectivity index (χ2v) is 4.61. The van der Waals surface area contributed by atoms with Gasteiger partial charge in [0.1, 0.15) is 0 Å². The number of nitrogens with one attached hydrogen (secondary N) is 1. The minimum atomic E-state index is -1.22. The number of benzene rings is 2. The summed E-state index contributed by atoms with van der Waals surface area (Å²) in [5, 5.41) is 9.51. The molecular formula is C16H11BrN2O4. The summed E-state index contributed by atoms with van der Waals surface area (Å²) in [5.41, 5.74) is -0.221. The fourth-order valence-corrected chi connectivity index (χ4v) is 2.19. The van der Waals surface area contributed by atoms with E-state index in [1.165, 1.54) is 18.2 Å². The summed E-state index contributed by atoms with van der Waals surface area (Å²) < 4.78 is 0. The molecule has 1 aromatic heterocycles. The van der Waals surface area contributed by atoms with Gasteiger partial charge in [0.15, 0.2) is 5.82 Å². The van der Waals surface area contributed by atoms with Gasteiger partial charge >= 0.3 is 5.97 Å². The minimum absolute atomic E-state index is 0. The Morgan fingerprint density at radius 1 is 0.957 bits per heavy atom. The minimum Gasteiger partial charge on any atom is -0.478 e. The van der Waals surface area contributed by atoms with E-state index in [0.717, 1.165) is 0 Å². The Morgan fingerprint density at radius 3 is 2.26 bits per heavy atom. The average molecular weight is 375 g/mol. The van der Waals surface area contributed by atoms with Gasteiger partial charge in [0.25, 0.3) is 5.56 Å². The number of hydrogen-bond donors (Lipinski definition) is 2. The van der Waals surface area contributed by atoms with Gasteiger partial charge in [0.2, 0.25) is 5.78 Å². The maximum atomic E-state index is 12.5. The number of nitrogens with zero attached hydrogens (tertiary/aromatic N) is 1. The van der Waals surface area contributed by atoms with E-state index in [1.54, 1.807) is 30.3 Å². The summed E-state index contributed by atoms with van der Waals surface area (Å²) in [6, 6.07) is 12.4. The van der Waals surface area contributed by atoms with E-state index in [-0.39, 0.29) is 33.9 Å². The zero-order valence-corrected chi connectivity index (χ0v) is 13.4. The number of halogens is 1. The molecule has 0 bridgehead atoms. The molecule has 2 aromatic carbocycles. The normalized spacial score (nSPS) is 10.1. The van der Waals surface area contributed by atoms with Crippen molar-refractivity contribution in [3.8, 4) is 0 Å². The van der Waals surface area contributed by atoms with Gasteiger partial charge in [-0.15, -0.1) is 17.0 Å². The molecule has 3 rings (SSSR count). The summed E-state index contributed by atoms with van der Waals surface area (Å²) in [5.74, 6) is -2.04. The third kappa shape index (κ3) is 3.04. The van der Waals surface area contributed by atoms with Crippen molar-refractivity contribution in [1.29, 1.82) is 0 Å². The lowest BCUT2D eigenvalue weighted by atomic mass is 10.0. The number of aromatic nitrogens is 2. The van der Waals surface area contributed by atoms with E-state index in [0.29, 0.717) is 10.9 Å². The topological polar surface area (TPSA) is 100 Å². The number of rotatable bonds is 3. The lowest BCUT2D eigenvalue weighted by Crippen LogP contribution is -2.18. The summed E-state index contributed by atoms with van der Waals surface area (Å²) in [6.07, 6.45) is 0. The molecule has 0 aliphatic carbocycles. The summed E-state index contributed by atoms with van der Waals surface area (Å²) in [4.78, 5) is 42.2. The van der Waals surface area contributed by atoms with Gasteiger partial charge < -0.3 is 10.1 Å². The summed E-state index contributed by atoms with van der Waals surface area (Å²) in [7, 11) is 0. The Bertz CT molecular complexity index is 965. The Hall–Kier alpha value is -2.80. The second kappa shape index (κ2) is 6.53. The standard InChI is InChI=1S/C16H10N2O4.BrH/c19-13(9-5-1-2-6-10(9)16(21)22)14-17-12-8-4-3-7-11(12)15(20)18-14;/h1-8H,(H,21,22)(H,17,18,20);1H. The molecule has 1 heterocycles. The summed E-state index contributed by atoms with van der Waals surface area (Å²) >= 11 is 0. The average Bonchev–Trinajstić information content (AvgIpc) is 2.54. The van der Waals surface area contributed by atoms with Crippen molar-refractivity contribution in [2.45, 2.75) is 0 Å². The number of carbonyl (C=O) groups is 2. The molecule has 0 saturated heterocycles. The first-order chi connectivity index (χ1) is 10.6. The third-order valence-corrected chi connectivity index (χ3v) is 3.23. The lowest BCUT2D eigenvalue weighted by molar-refractivity contribution is 0.0692. The number of carbonyl (C=O) groups excluding carboxylic acids is 1. The maximum absolute atomic E-state index is 12.5. The van der Waals surface area contributed by atoms with Crippen LogP contribution in [0, 0.1) is 0 Å². The number of ketones is 1. The highest BCUT2D eigenvalue weighted by atomic mass is 79.9. The van der Waals surface area contributed by atoms with Crippen LogP contribution in [0.15, 0.2) is 53.3 Å².